The van der Waals surface area contributed by atoms with Crippen LogP contribution in [-0.4, -0.2) is 27.5 Å². The summed E-state index contributed by atoms with van der Waals surface area (Å²) in [6.45, 7) is 1.92. The second-order valence-electron chi connectivity index (χ2n) is 6.81. The van der Waals surface area contributed by atoms with Crippen molar-refractivity contribution in [3.63, 3.8) is 0 Å². The summed E-state index contributed by atoms with van der Waals surface area (Å²) >= 11 is 0. The van der Waals surface area contributed by atoms with Gasteiger partial charge in [0.1, 0.15) is 18.1 Å². The minimum Gasteiger partial charge on any atom is -0.497 e. The van der Waals surface area contributed by atoms with Gasteiger partial charge in [-0.25, -0.2) is 8.42 Å². The van der Waals surface area contributed by atoms with Gasteiger partial charge in [-0.1, -0.05) is 30.3 Å². The standard InChI is InChI=1S/C23H24N2O5S/c1-17(25-31(27,28)22-14-12-20(29-2)13-15-22)23(26)24-19-8-10-21(11-9-19)30-16-18-6-4-3-5-7-18/h3-15,17,25H,16H2,1-2H3,(H,24,26)/t17-/m0/s1. The maximum Gasteiger partial charge on any atom is 0.242 e. The van der Waals surface area contributed by atoms with Crippen molar-refractivity contribution in [3.8, 4) is 11.5 Å². The van der Waals surface area contributed by atoms with Gasteiger partial charge in [-0.15, -0.1) is 0 Å². The summed E-state index contributed by atoms with van der Waals surface area (Å²) in [6, 6.07) is 21.6. The van der Waals surface area contributed by atoms with Crippen molar-refractivity contribution < 1.29 is 22.7 Å². The number of sulfonamides is 1. The summed E-state index contributed by atoms with van der Waals surface area (Å²) in [7, 11) is -2.35. The molecule has 3 aromatic carbocycles. The van der Waals surface area contributed by atoms with Crippen molar-refractivity contribution in [1.82, 2.24) is 4.72 Å². The molecular formula is C23H24N2O5S. The zero-order chi connectivity index (χ0) is 22.3. The van der Waals surface area contributed by atoms with Gasteiger partial charge in [0.05, 0.1) is 18.0 Å². The van der Waals surface area contributed by atoms with Crippen molar-refractivity contribution >= 4 is 21.6 Å². The van der Waals surface area contributed by atoms with Crippen LogP contribution in [0, 0.1) is 0 Å². The molecule has 0 aliphatic carbocycles. The number of benzene rings is 3. The number of carbonyl (C=O) groups is 1. The van der Waals surface area contributed by atoms with E-state index in [0.29, 0.717) is 23.8 Å². The molecular weight excluding hydrogens is 416 g/mol. The molecule has 0 saturated heterocycles. The number of ether oxygens (including phenoxy) is 2. The first-order valence-corrected chi connectivity index (χ1v) is 11.1. The van der Waals surface area contributed by atoms with E-state index >= 15 is 0 Å². The monoisotopic (exact) mass is 440 g/mol. The van der Waals surface area contributed by atoms with E-state index in [0.717, 1.165) is 5.56 Å². The molecule has 0 bridgehead atoms. The van der Waals surface area contributed by atoms with Crippen LogP contribution in [0.15, 0.2) is 83.8 Å². The van der Waals surface area contributed by atoms with E-state index < -0.39 is 22.0 Å². The average Bonchev–Trinajstić information content (AvgIpc) is 2.79. The van der Waals surface area contributed by atoms with Crippen LogP contribution in [0.1, 0.15) is 12.5 Å². The van der Waals surface area contributed by atoms with Gasteiger partial charge < -0.3 is 14.8 Å². The number of carbonyl (C=O) groups excluding carboxylic acids is 1. The number of nitrogens with one attached hydrogen (secondary N) is 2. The lowest BCUT2D eigenvalue weighted by Gasteiger charge is -2.15. The molecule has 0 saturated carbocycles. The Hall–Kier alpha value is -3.36. The van der Waals surface area contributed by atoms with Crippen LogP contribution in [0.4, 0.5) is 5.69 Å². The lowest BCUT2D eigenvalue weighted by molar-refractivity contribution is -0.117. The van der Waals surface area contributed by atoms with Gasteiger partial charge in [0.2, 0.25) is 15.9 Å². The van der Waals surface area contributed by atoms with Crippen LogP contribution >= 0.6 is 0 Å². The zero-order valence-electron chi connectivity index (χ0n) is 17.2. The number of anilines is 1. The third-order valence-electron chi connectivity index (χ3n) is 4.47. The van der Waals surface area contributed by atoms with E-state index in [2.05, 4.69) is 10.0 Å². The Balaban J connectivity index is 1.55. The lowest BCUT2D eigenvalue weighted by atomic mass is 10.2. The maximum atomic E-state index is 12.5. The minimum absolute atomic E-state index is 0.0490. The SMILES string of the molecule is COc1ccc(S(=O)(=O)N[C@@H](C)C(=O)Nc2ccc(OCc3ccccc3)cc2)cc1. The Bertz CT molecular complexity index is 1100. The van der Waals surface area contributed by atoms with Crippen LogP contribution in [0.3, 0.4) is 0 Å². The highest BCUT2D eigenvalue weighted by Gasteiger charge is 2.22. The third-order valence-corrected chi connectivity index (χ3v) is 6.02. The molecule has 2 N–H and O–H groups in total. The highest BCUT2D eigenvalue weighted by molar-refractivity contribution is 7.89. The molecule has 0 aliphatic heterocycles. The van der Waals surface area contributed by atoms with Gasteiger partial charge >= 0.3 is 0 Å². The fourth-order valence-electron chi connectivity index (χ4n) is 2.74. The van der Waals surface area contributed by atoms with E-state index in [-0.39, 0.29) is 4.90 Å². The van der Waals surface area contributed by atoms with Crippen LogP contribution < -0.4 is 19.5 Å². The molecule has 1 atom stereocenters. The predicted molar refractivity (Wildman–Crippen MR) is 119 cm³/mol. The van der Waals surface area contributed by atoms with E-state index in [4.69, 9.17) is 9.47 Å². The Labute approximate surface area is 182 Å². The van der Waals surface area contributed by atoms with Gasteiger partial charge in [-0.2, -0.15) is 4.72 Å². The van der Waals surface area contributed by atoms with E-state index in [9.17, 15) is 13.2 Å². The van der Waals surface area contributed by atoms with Gasteiger partial charge in [0.15, 0.2) is 0 Å². The summed E-state index contributed by atoms with van der Waals surface area (Å²) in [5.74, 6) is 0.728. The molecule has 31 heavy (non-hydrogen) atoms. The molecule has 0 aliphatic rings. The molecule has 8 heteroatoms. The van der Waals surface area contributed by atoms with Crippen molar-refractivity contribution in [2.24, 2.45) is 0 Å². The van der Waals surface area contributed by atoms with Gasteiger partial charge in [0, 0.05) is 5.69 Å². The molecule has 0 radical (unpaired) electrons. The fraction of sp³-hybridized carbons (Fsp3) is 0.174. The second kappa shape index (κ2) is 10.1. The summed E-state index contributed by atoms with van der Waals surface area (Å²) in [4.78, 5) is 12.5. The lowest BCUT2D eigenvalue weighted by Crippen LogP contribution is -2.41. The van der Waals surface area contributed by atoms with E-state index in [1.54, 1.807) is 36.4 Å². The van der Waals surface area contributed by atoms with Crippen LogP contribution in [-0.2, 0) is 21.4 Å². The highest BCUT2D eigenvalue weighted by atomic mass is 32.2. The minimum atomic E-state index is -3.85. The molecule has 7 nitrogen and oxygen atoms in total. The summed E-state index contributed by atoms with van der Waals surface area (Å²) in [5, 5.41) is 2.69. The molecule has 0 unspecified atom stereocenters. The van der Waals surface area contributed by atoms with Gasteiger partial charge in [-0.05, 0) is 61.0 Å². The molecule has 3 aromatic rings. The molecule has 162 valence electrons. The molecule has 1 amide bonds. The predicted octanol–water partition coefficient (Wildman–Crippen LogP) is 3.58. The van der Waals surface area contributed by atoms with Gasteiger partial charge in [-0.3, -0.25) is 4.79 Å². The smallest absolute Gasteiger partial charge is 0.242 e. The van der Waals surface area contributed by atoms with Crippen molar-refractivity contribution in [2.75, 3.05) is 12.4 Å². The van der Waals surface area contributed by atoms with Gasteiger partial charge in [0.25, 0.3) is 0 Å². The third kappa shape index (κ3) is 6.31. The number of amides is 1. The van der Waals surface area contributed by atoms with Crippen molar-refractivity contribution in [3.05, 3.63) is 84.4 Å². The fourth-order valence-corrected chi connectivity index (χ4v) is 3.94. The molecule has 0 fully saturated rings. The summed E-state index contributed by atoms with van der Waals surface area (Å²) in [5.41, 5.74) is 1.59. The van der Waals surface area contributed by atoms with E-state index in [1.165, 1.54) is 26.2 Å². The summed E-state index contributed by atoms with van der Waals surface area (Å²) < 4.78 is 38.1. The first-order chi connectivity index (χ1) is 14.9. The normalized spacial score (nSPS) is 12.1. The molecule has 3 rings (SSSR count). The maximum absolute atomic E-state index is 12.5. The molecule has 0 aromatic heterocycles. The quantitative estimate of drug-likeness (QED) is 0.530. The Morgan fingerprint density at radius 2 is 1.52 bits per heavy atom. The molecule has 0 spiro atoms. The topological polar surface area (TPSA) is 93.7 Å². The largest absolute Gasteiger partial charge is 0.497 e. The van der Waals surface area contributed by atoms with Crippen molar-refractivity contribution in [2.45, 2.75) is 24.5 Å². The number of rotatable bonds is 9. The first kappa shape index (κ1) is 22.3. The Kier molecular flexibility index (Phi) is 7.28. The van der Waals surface area contributed by atoms with Crippen LogP contribution in [0.5, 0.6) is 11.5 Å². The Morgan fingerprint density at radius 1 is 0.903 bits per heavy atom. The van der Waals surface area contributed by atoms with Crippen molar-refractivity contribution in [1.29, 1.82) is 0 Å². The highest BCUT2D eigenvalue weighted by Crippen LogP contribution is 2.18. The Morgan fingerprint density at radius 3 is 2.13 bits per heavy atom. The zero-order valence-corrected chi connectivity index (χ0v) is 18.1. The number of hydrogen-bond donors (Lipinski definition) is 2. The number of hydrogen-bond acceptors (Lipinski definition) is 5. The average molecular weight is 441 g/mol. The van der Waals surface area contributed by atoms with Crippen LogP contribution in [0.2, 0.25) is 0 Å². The second-order valence-corrected chi connectivity index (χ2v) is 8.52. The van der Waals surface area contributed by atoms with Crippen LogP contribution in [0.25, 0.3) is 0 Å². The number of methoxy groups -OCH3 is 1. The van der Waals surface area contributed by atoms with E-state index in [1.807, 2.05) is 30.3 Å². The molecule has 0 heterocycles. The summed E-state index contributed by atoms with van der Waals surface area (Å²) in [6.07, 6.45) is 0. The first-order valence-electron chi connectivity index (χ1n) is 9.61.